The molecule has 0 saturated carbocycles. The molecule has 0 spiro atoms. The Bertz CT molecular complexity index is 269. The summed E-state index contributed by atoms with van der Waals surface area (Å²) in [6.45, 7) is 0. The van der Waals surface area contributed by atoms with E-state index in [0.717, 1.165) is 0 Å². The predicted octanol–water partition coefficient (Wildman–Crippen LogP) is 0.820. The molecule has 7 nitrogen and oxygen atoms in total. The summed E-state index contributed by atoms with van der Waals surface area (Å²) >= 11 is 0. The monoisotopic (exact) mass is 280 g/mol. The van der Waals surface area contributed by atoms with Crippen LogP contribution in [-0.2, 0) is 22.9 Å². The van der Waals surface area contributed by atoms with Gasteiger partial charge in [0.25, 0.3) is 0 Å². The third-order valence-electron chi connectivity index (χ3n) is 2.74. The number of aliphatic carboxylic acids is 2. The third-order valence-corrected chi connectivity index (χ3v) is 5.57. The fourth-order valence-electron chi connectivity index (χ4n) is 1.64. The predicted molar refractivity (Wildman–Crippen MR) is 64.2 cm³/mol. The lowest BCUT2D eigenvalue weighted by Gasteiger charge is -2.24. The maximum atomic E-state index is 10.9. The van der Waals surface area contributed by atoms with Gasteiger partial charge in [-0.05, 0) is 12.8 Å². The minimum Gasteiger partial charge on any atom is -0.481 e. The molecule has 0 aromatic heterocycles. The highest BCUT2D eigenvalue weighted by Gasteiger charge is 2.37. The van der Waals surface area contributed by atoms with Crippen molar-refractivity contribution in [2.24, 2.45) is 5.92 Å². The molecule has 0 amide bonds. The molecular weight excluding hydrogens is 260 g/mol. The van der Waals surface area contributed by atoms with Gasteiger partial charge < -0.3 is 23.5 Å². The van der Waals surface area contributed by atoms with Gasteiger partial charge in [0.2, 0.25) is 0 Å². The van der Waals surface area contributed by atoms with Crippen LogP contribution in [0.3, 0.4) is 0 Å². The Morgan fingerprint density at radius 3 is 1.94 bits per heavy atom. The molecular formula is C10H20O7Si. The molecule has 0 bridgehead atoms. The van der Waals surface area contributed by atoms with Crippen molar-refractivity contribution in [1.82, 2.24) is 0 Å². The molecule has 106 valence electrons. The minimum atomic E-state index is -2.70. The molecule has 0 heterocycles. The second-order valence-electron chi connectivity index (χ2n) is 3.82. The fraction of sp³-hybridized carbons (Fsp3) is 0.800. The summed E-state index contributed by atoms with van der Waals surface area (Å²) in [4.78, 5) is 21.4. The van der Waals surface area contributed by atoms with Crippen molar-refractivity contribution in [1.29, 1.82) is 0 Å². The summed E-state index contributed by atoms with van der Waals surface area (Å²) in [5.41, 5.74) is 0. The van der Waals surface area contributed by atoms with Crippen molar-refractivity contribution >= 4 is 20.7 Å². The summed E-state index contributed by atoms with van der Waals surface area (Å²) in [6, 6.07) is 0.458. The van der Waals surface area contributed by atoms with Crippen LogP contribution in [0.15, 0.2) is 0 Å². The van der Waals surface area contributed by atoms with Crippen LogP contribution in [0, 0.1) is 5.92 Å². The van der Waals surface area contributed by atoms with Gasteiger partial charge in [0.05, 0.1) is 12.3 Å². The molecule has 18 heavy (non-hydrogen) atoms. The first-order valence-electron chi connectivity index (χ1n) is 5.50. The Kier molecular flexibility index (Phi) is 7.76. The lowest BCUT2D eigenvalue weighted by atomic mass is 10.0. The summed E-state index contributed by atoms with van der Waals surface area (Å²) in [5, 5.41) is 17.5. The Labute approximate surface area is 107 Å². The average molecular weight is 280 g/mol. The van der Waals surface area contributed by atoms with Gasteiger partial charge in [-0.1, -0.05) is 0 Å². The van der Waals surface area contributed by atoms with Crippen molar-refractivity contribution in [3.63, 3.8) is 0 Å². The third kappa shape index (κ3) is 5.58. The maximum Gasteiger partial charge on any atom is 0.500 e. The molecule has 0 aromatic carbocycles. The first-order valence-corrected chi connectivity index (χ1v) is 7.44. The van der Waals surface area contributed by atoms with E-state index < -0.39 is 26.7 Å². The van der Waals surface area contributed by atoms with E-state index in [9.17, 15) is 9.59 Å². The topological polar surface area (TPSA) is 102 Å². The van der Waals surface area contributed by atoms with Gasteiger partial charge in [0, 0.05) is 27.4 Å². The van der Waals surface area contributed by atoms with Crippen molar-refractivity contribution in [3.05, 3.63) is 0 Å². The number of hydrogen-bond donors (Lipinski definition) is 2. The van der Waals surface area contributed by atoms with Crippen molar-refractivity contribution in [2.75, 3.05) is 21.3 Å². The fourth-order valence-corrected chi connectivity index (χ4v) is 3.39. The Hall–Kier alpha value is -0.963. The zero-order chi connectivity index (χ0) is 14.2. The zero-order valence-corrected chi connectivity index (χ0v) is 11.8. The van der Waals surface area contributed by atoms with E-state index in [4.69, 9.17) is 23.5 Å². The van der Waals surface area contributed by atoms with Gasteiger partial charge in [-0.25, -0.2) is 0 Å². The normalized spacial score (nSPS) is 13.3. The van der Waals surface area contributed by atoms with Crippen LogP contribution >= 0.6 is 0 Å². The summed E-state index contributed by atoms with van der Waals surface area (Å²) in [5.74, 6) is -3.10. The zero-order valence-electron chi connectivity index (χ0n) is 10.8. The molecule has 2 N–H and O–H groups in total. The highest BCUT2D eigenvalue weighted by Crippen LogP contribution is 2.20. The van der Waals surface area contributed by atoms with E-state index in [2.05, 4.69) is 0 Å². The van der Waals surface area contributed by atoms with Gasteiger partial charge in [0.1, 0.15) is 0 Å². The molecule has 0 radical (unpaired) electrons. The van der Waals surface area contributed by atoms with Crippen molar-refractivity contribution in [2.45, 2.75) is 25.3 Å². The van der Waals surface area contributed by atoms with Gasteiger partial charge >= 0.3 is 20.7 Å². The summed E-state index contributed by atoms with van der Waals surface area (Å²) in [7, 11) is 1.73. The number of carboxylic acids is 2. The second-order valence-corrected chi connectivity index (χ2v) is 6.91. The highest BCUT2D eigenvalue weighted by atomic mass is 28.4. The molecule has 1 atom stereocenters. The Morgan fingerprint density at radius 1 is 1.11 bits per heavy atom. The van der Waals surface area contributed by atoms with Crippen LogP contribution in [0.2, 0.25) is 6.04 Å². The van der Waals surface area contributed by atoms with Gasteiger partial charge in [-0.2, -0.15) is 0 Å². The molecule has 0 rings (SSSR count). The van der Waals surface area contributed by atoms with Crippen LogP contribution in [0.5, 0.6) is 0 Å². The molecule has 0 aromatic rings. The van der Waals surface area contributed by atoms with E-state index >= 15 is 0 Å². The van der Waals surface area contributed by atoms with Crippen LogP contribution in [0.4, 0.5) is 0 Å². The van der Waals surface area contributed by atoms with E-state index in [1.54, 1.807) is 0 Å². The number of rotatable bonds is 10. The summed E-state index contributed by atoms with van der Waals surface area (Å²) in [6.07, 6.45) is 0.356. The Balaban J connectivity index is 4.28. The number of carbonyl (C=O) groups is 2. The number of carboxylic acid groups (broad SMARTS) is 2. The molecule has 8 heteroatoms. The minimum absolute atomic E-state index is 0.256. The van der Waals surface area contributed by atoms with Crippen molar-refractivity contribution in [3.8, 4) is 0 Å². The van der Waals surface area contributed by atoms with E-state index in [1.807, 2.05) is 0 Å². The van der Waals surface area contributed by atoms with Crippen LogP contribution in [0.25, 0.3) is 0 Å². The first-order chi connectivity index (χ1) is 8.40. The van der Waals surface area contributed by atoms with Gasteiger partial charge in [0.15, 0.2) is 0 Å². The van der Waals surface area contributed by atoms with Crippen LogP contribution < -0.4 is 0 Å². The largest absolute Gasteiger partial charge is 0.500 e. The lowest BCUT2D eigenvalue weighted by molar-refractivity contribution is -0.148. The van der Waals surface area contributed by atoms with E-state index in [-0.39, 0.29) is 12.8 Å². The Morgan fingerprint density at radius 2 is 1.61 bits per heavy atom. The average Bonchev–Trinajstić information content (AvgIpc) is 2.33. The van der Waals surface area contributed by atoms with Gasteiger partial charge in [-0.15, -0.1) is 0 Å². The molecule has 0 aliphatic rings. The second kappa shape index (κ2) is 8.19. The van der Waals surface area contributed by atoms with Crippen LogP contribution in [0.1, 0.15) is 19.3 Å². The van der Waals surface area contributed by atoms with Crippen LogP contribution in [-0.4, -0.2) is 52.3 Å². The molecule has 0 aliphatic carbocycles. The molecule has 1 unspecified atom stereocenters. The SMILES string of the molecule is CO[Si](CCCC(CC(=O)O)C(=O)O)(OC)OC. The maximum absolute atomic E-state index is 10.9. The summed E-state index contributed by atoms with van der Waals surface area (Å²) < 4.78 is 15.6. The van der Waals surface area contributed by atoms with E-state index in [1.165, 1.54) is 21.3 Å². The standard InChI is InChI=1S/C10H20O7Si/c1-15-18(16-2,17-3)6-4-5-8(10(13)14)7-9(11)12/h8H,4-7H2,1-3H3,(H,11,12)(H,13,14). The smallest absolute Gasteiger partial charge is 0.481 e. The lowest BCUT2D eigenvalue weighted by Crippen LogP contribution is -2.42. The highest BCUT2D eigenvalue weighted by molar-refractivity contribution is 6.60. The number of hydrogen-bond acceptors (Lipinski definition) is 5. The quantitative estimate of drug-likeness (QED) is 0.571. The molecule has 0 aliphatic heterocycles. The van der Waals surface area contributed by atoms with E-state index in [0.29, 0.717) is 12.5 Å². The first kappa shape index (κ1) is 17.0. The van der Waals surface area contributed by atoms with Crippen molar-refractivity contribution < 1.29 is 33.1 Å². The molecule has 0 fully saturated rings. The van der Waals surface area contributed by atoms with Gasteiger partial charge in [-0.3, -0.25) is 9.59 Å². The molecule has 0 saturated heterocycles.